The third-order valence-electron chi connectivity index (χ3n) is 3.96. The Morgan fingerprint density at radius 1 is 1.40 bits per heavy atom. The van der Waals surface area contributed by atoms with Crippen LogP contribution in [0.1, 0.15) is 28.8 Å². The summed E-state index contributed by atoms with van der Waals surface area (Å²) in [7, 11) is 1.98. The molecule has 1 fully saturated rings. The summed E-state index contributed by atoms with van der Waals surface area (Å²) in [5, 5.41) is 0. The average Bonchev–Trinajstić information content (AvgIpc) is 3.07. The second-order valence-corrected chi connectivity index (χ2v) is 5.68. The fourth-order valence-corrected chi connectivity index (χ4v) is 2.90. The van der Waals surface area contributed by atoms with Gasteiger partial charge in [-0.3, -0.25) is 9.69 Å². The van der Waals surface area contributed by atoms with Gasteiger partial charge < -0.3 is 9.47 Å². The molecule has 20 heavy (non-hydrogen) atoms. The smallest absolute Gasteiger partial charge is 0.176 e. The fraction of sp³-hybridized carbons (Fsp3) is 0.562. The molecule has 1 aromatic carbocycles. The zero-order chi connectivity index (χ0) is 13.9. The largest absolute Gasteiger partial charge is 0.493 e. The Hall–Kier alpha value is -1.39. The summed E-state index contributed by atoms with van der Waals surface area (Å²) in [6, 6.07) is 5.76. The average molecular weight is 275 g/mol. The van der Waals surface area contributed by atoms with E-state index in [4.69, 9.17) is 9.47 Å². The number of likely N-dealkylation sites (N-methyl/N-ethyl adjacent to an activating group) is 1. The van der Waals surface area contributed by atoms with Crippen LogP contribution in [0.25, 0.3) is 0 Å². The quantitative estimate of drug-likeness (QED) is 0.770. The number of hydrogen-bond acceptors (Lipinski definition) is 4. The second-order valence-electron chi connectivity index (χ2n) is 5.68. The molecule has 0 saturated carbocycles. The van der Waals surface area contributed by atoms with E-state index >= 15 is 0 Å². The van der Waals surface area contributed by atoms with Crippen molar-refractivity contribution in [2.24, 2.45) is 0 Å². The van der Waals surface area contributed by atoms with Gasteiger partial charge in [0.25, 0.3) is 0 Å². The van der Waals surface area contributed by atoms with Crippen molar-refractivity contribution in [2.45, 2.75) is 25.4 Å². The molecule has 4 heteroatoms. The SMILES string of the molecule is CN(CC(=O)c1ccc2c(c1)CCO2)CC1CCCO1. The maximum absolute atomic E-state index is 12.3. The molecule has 0 spiro atoms. The molecule has 0 bridgehead atoms. The molecule has 0 radical (unpaired) electrons. The number of hydrogen-bond donors (Lipinski definition) is 0. The van der Waals surface area contributed by atoms with Gasteiger partial charge in [-0.1, -0.05) is 0 Å². The van der Waals surface area contributed by atoms with E-state index in [0.717, 1.165) is 55.9 Å². The Kier molecular flexibility index (Phi) is 4.03. The van der Waals surface area contributed by atoms with Crippen molar-refractivity contribution < 1.29 is 14.3 Å². The Labute approximate surface area is 119 Å². The van der Waals surface area contributed by atoms with Crippen molar-refractivity contribution in [3.8, 4) is 5.75 Å². The zero-order valence-corrected chi connectivity index (χ0v) is 11.9. The monoisotopic (exact) mass is 275 g/mol. The predicted molar refractivity (Wildman–Crippen MR) is 76.4 cm³/mol. The Bertz CT molecular complexity index is 494. The topological polar surface area (TPSA) is 38.8 Å². The van der Waals surface area contributed by atoms with Crippen molar-refractivity contribution in [1.29, 1.82) is 0 Å². The van der Waals surface area contributed by atoms with Crippen LogP contribution in [0.4, 0.5) is 0 Å². The first-order valence-corrected chi connectivity index (χ1v) is 7.31. The number of rotatable bonds is 5. The van der Waals surface area contributed by atoms with E-state index in [9.17, 15) is 4.79 Å². The lowest BCUT2D eigenvalue weighted by molar-refractivity contribution is 0.0740. The van der Waals surface area contributed by atoms with Crippen LogP contribution in [0.2, 0.25) is 0 Å². The molecule has 1 saturated heterocycles. The molecule has 3 rings (SSSR count). The summed E-state index contributed by atoms with van der Waals surface area (Å²) in [4.78, 5) is 14.4. The number of carbonyl (C=O) groups is 1. The van der Waals surface area contributed by atoms with Gasteiger partial charge in [-0.25, -0.2) is 0 Å². The van der Waals surface area contributed by atoms with Crippen LogP contribution < -0.4 is 4.74 Å². The van der Waals surface area contributed by atoms with Crippen molar-refractivity contribution in [2.75, 3.05) is 33.4 Å². The summed E-state index contributed by atoms with van der Waals surface area (Å²) < 4.78 is 11.1. The van der Waals surface area contributed by atoms with Gasteiger partial charge in [-0.2, -0.15) is 0 Å². The third-order valence-corrected chi connectivity index (χ3v) is 3.96. The van der Waals surface area contributed by atoms with Crippen LogP contribution in [-0.2, 0) is 11.2 Å². The molecular weight excluding hydrogens is 254 g/mol. The maximum Gasteiger partial charge on any atom is 0.176 e. The molecule has 1 aromatic rings. The molecule has 2 aliphatic heterocycles. The highest BCUT2D eigenvalue weighted by Crippen LogP contribution is 2.26. The predicted octanol–water partition coefficient (Wildman–Crippen LogP) is 1.92. The number of carbonyl (C=O) groups excluding carboxylic acids is 1. The van der Waals surface area contributed by atoms with Gasteiger partial charge >= 0.3 is 0 Å². The number of ketones is 1. The number of fused-ring (bicyclic) bond motifs is 1. The van der Waals surface area contributed by atoms with Crippen LogP contribution in [0.3, 0.4) is 0 Å². The lowest BCUT2D eigenvalue weighted by Gasteiger charge is -2.19. The lowest BCUT2D eigenvalue weighted by atomic mass is 10.1. The van der Waals surface area contributed by atoms with Crippen molar-refractivity contribution in [3.63, 3.8) is 0 Å². The van der Waals surface area contributed by atoms with Crippen LogP contribution in [0.5, 0.6) is 5.75 Å². The first kappa shape index (κ1) is 13.6. The summed E-state index contributed by atoms with van der Waals surface area (Å²) in [5.41, 5.74) is 1.94. The van der Waals surface area contributed by atoms with Crippen LogP contribution >= 0.6 is 0 Å². The van der Waals surface area contributed by atoms with E-state index in [1.54, 1.807) is 0 Å². The van der Waals surface area contributed by atoms with E-state index < -0.39 is 0 Å². The highest BCUT2D eigenvalue weighted by atomic mass is 16.5. The first-order valence-electron chi connectivity index (χ1n) is 7.31. The van der Waals surface area contributed by atoms with Gasteiger partial charge in [0.2, 0.25) is 0 Å². The molecule has 4 nitrogen and oxygen atoms in total. The molecule has 0 N–H and O–H groups in total. The van der Waals surface area contributed by atoms with Crippen LogP contribution in [0, 0.1) is 0 Å². The van der Waals surface area contributed by atoms with Gasteiger partial charge in [-0.05, 0) is 43.7 Å². The van der Waals surface area contributed by atoms with Gasteiger partial charge in [0.1, 0.15) is 5.75 Å². The molecule has 1 unspecified atom stereocenters. The molecule has 2 aliphatic rings. The number of benzene rings is 1. The highest BCUT2D eigenvalue weighted by Gasteiger charge is 2.20. The maximum atomic E-state index is 12.3. The Balaban J connectivity index is 1.58. The molecule has 108 valence electrons. The van der Waals surface area contributed by atoms with Crippen LogP contribution in [0.15, 0.2) is 18.2 Å². The summed E-state index contributed by atoms with van der Waals surface area (Å²) in [5.74, 6) is 1.09. The summed E-state index contributed by atoms with van der Waals surface area (Å²) in [6.45, 7) is 2.86. The standard InChI is InChI=1S/C16H21NO3/c1-17(10-14-3-2-7-19-14)11-15(18)12-4-5-16-13(9-12)6-8-20-16/h4-5,9,14H,2-3,6-8,10-11H2,1H3. The minimum absolute atomic E-state index is 0.167. The minimum Gasteiger partial charge on any atom is -0.493 e. The third kappa shape index (κ3) is 3.02. The molecule has 1 atom stereocenters. The normalized spacial score (nSPS) is 21.0. The fourth-order valence-electron chi connectivity index (χ4n) is 2.90. The lowest BCUT2D eigenvalue weighted by Crippen LogP contribution is -2.33. The number of ether oxygens (including phenoxy) is 2. The second kappa shape index (κ2) is 5.94. The molecule has 0 amide bonds. The molecule has 2 heterocycles. The number of Topliss-reactive ketones (excluding diaryl/α,β-unsaturated/α-hetero) is 1. The van der Waals surface area contributed by atoms with Crippen molar-refractivity contribution in [3.05, 3.63) is 29.3 Å². The first-order chi connectivity index (χ1) is 9.72. The minimum atomic E-state index is 0.167. The van der Waals surface area contributed by atoms with E-state index in [1.807, 2.05) is 25.2 Å². The van der Waals surface area contributed by atoms with Crippen molar-refractivity contribution >= 4 is 5.78 Å². The van der Waals surface area contributed by atoms with E-state index in [0.29, 0.717) is 12.6 Å². The summed E-state index contributed by atoms with van der Waals surface area (Å²) >= 11 is 0. The van der Waals surface area contributed by atoms with Gasteiger partial charge in [0.05, 0.1) is 19.3 Å². The van der Waals surface area contributed by atoms with E-state index in [1.165, 1.54) is 0 Å². The van der Waals surface area contributed by atoms with Gasteiger partial charge in [0.15, 0.2) is 5.78 Å². The van der Waals surface area contributed by atoms with Gasteiger partial charge in [0, 0.05) is 25.1 Å². The molecule has 0 aliphatic carbocycles. The zero-order valence-electron chi connectivity index (χ0n) is 11.9. The molecular formula is C16H21NO3. The van der Waals surface area contributed by atoms with Crippen molar-refractivity contribution in [1.82, 2.24) is 4.90 Å². The molecule has 0 aromatic heterocycles. The van der Waals surface area contributed by atoms with Gasteiger partial charge in [-0.15, -0.1) is 0 Å². The summed E-state index contributed by atoms with van der Waals surface area (Å²) in [6.07, 6.45) is 3.44. The Morgan fingerprint density at radius 3 is 3.10 bits per heavy atom. The van der Waals surface area contributed by atoms with E-state index in [-0.39, 0.29) is 5.78 Å². The Morgan fingerprint density at radius 2 is 2.30 bits per heavy atom. The number of nitrogens with zero attached hydrogens (tertiary/aromatic N) is 1. The highest BCUT2D eigenvalue weighted by molar-refractivity contribution is 5.98. The van der Waals surface area contributed by atoms with E-state index in [2.05, 4.69) is 4.90 Å². The van der Waals surface area contributed by atoms with Crippen LogP contribution in [-0.4, -0.2) is 50.1 Å².